The monoisotopic (exact) mass is 584 g/mol. The van der Waals surface area contributed by atoms with E-state index in [1.807, 2.05) is 88.7 Å². The number of rotatable bonds is 15. The van der Waals surface area contributed by atoms with Crippen molar-refractivity contribution in [2.24, 2.45) is 11.5 Å². The summed E-state index contributed by atoms with van der Waals surface area (Å²) in [6, 6.07) is 24.5. The number of aryl methyl sites for hydroxylation is 1. The Morgan fingerprint density at radius 2 is 1.21 bits per heavy atom. The summed E-state index contributed by atoms with van der Waals surface area (Å²) in [5, 5.41) is 11.2. The van der Waals surface area contributed by atoms with E-state index in [4.69, 9.17) is 20.9 Å². The molecule has 2 amide bonds. The van der Waals surface area contributed by atoms with Crippen LogP contribution in [0.15, 0.2) is 78.9 Å². The summed E-state index contributed by atoms with van der Waals surface area (Å²) >= 11 is 0. The molecule has 0 atom stereocenters. The van der Waals surface area contributed by atoms with Gasteiger partial charge < -0.3 is 35.8 Å². The summed E-state index contributed by atoms with van der Waals surface area (Å²) in [5.74, 6) is -0.579. The number of carbonyl (C=O) groups is 3. The zero-order chi connectivity index (χ0) is 30.9. The van der Waals surface area contributed by atoms with E-state index < -0.39 is 17.8 Å². The predicted molar refractivity (Wildman–Crippen MR) is 166 cm³/mol. The number of anilines is 2. The number of benzene rings is 4. The number of nitrogens with zero attached hydrogens (tertiary/aromatic N) is 2. The molecule has 0 radical (unpaired) electrons. The summed E-state index contributed by atoms with van der Waals surface area (Å²) in [6.07, 6.45) is 0.0549. The van der Waals surface area contributed by atoms with Crippen LogP contribution >= 0.6 is 0 Å². The summed E-state index contributed by atoms with van der Waals surface area (Å²) in [7, 11) is 3.18. The minimum absolute atomic E-state index is 0.0649. The number of fused-ring (bicyclic) bond motifs is 1. The first kappa shape index (κ1) is 30.7. The first-order valence-electron chi connectivity index (χ1n) is 13.8. The molecule has 0 aliphatic carbocycles. The highest BCUT2D eigenvalue weighted by molar-refractivity contribution is 6.05. The highest BCUT2D eigenvalue weighted by Gasteiger charge is 2.23. The van der Waals surface area contributed by atoms with Gasteiger partial charge in [-0.15, -0.1) is 0 Å². The number of amides is 2. The maximum absolute atomic E-state index is 12.3. The molecule has 0 saturated carbocycles. The molecule has 10 heteroatoms. The van der Waals surface area contributed by atoms with Crippen molar-refractivity contribution in [3.05, 3.63) is 95.6 Å². The third kappa shape index (κ3) is 7.94. The Kier molecular flexibility index (Phi) is 10.1. The molecule has 5 N–H and O–H groups in total. The number of carboxylic acids is 1. The van der Waals surface area contributed by atoms with Crippen molar-refractivity contribution < 1.29 is 29.0 Å². The minimum atomic E-state index is -0.954. The molecule has 0 heterocycles. The molecule has 0 aliphatic heterocycles. The lowest BCUT2D eigenvalue weighted by molar-refractivity contribution is -0.137. The van der Waals surface area contributed by atoms with Crippen LogP contribution in [0.3, 0.4) is 0 Å². The molecule has 43 heavy (non-hydrogen) atoms. The number of carboxylic acid groups (broad SMARTS) is 1. The molecule has 4 rings (SSSR count). The van der Waals surface area contributed by atoms with Crippen LogP contribution in [0.2, 0.25) is 0 Å². The Morgan fingerprint density at radius 3 is 1.70 bits per heavy atom. The Balaban J connectivity index is 1.89. The molecule has 0 aromatic heterocycles. The van der Waals surface area contributed by atoms with Crippen LogP contribution in [0.5, 0.6) is 11.5 Å². The van der Waals surface area contributed by atoms with Crippen LogP contribution in [-0.2, 0) is 33.9 Å². The van der Waals surface area contributed by atoms with Crippen molar-refractivity contribution in [1.29, 1.82) is 0 Å². The fourth-order valence-corrected chi connectivity index (χ4v) is 5.18. The maximum Gasteiger partial charge on any atom is 0.303 e. The normalized spacial score (nSPS) is 10.7. The van der Waals surface area contributed by atoms with Gasteiger partial charge in [0.05, 0.1) is 27.3 Å². The summed E-state index contributed by atoms with van der Waals surface area (Å²) in [5.41, 5.74) is 15.4. The van der Waals surface area contributed by atoms with Gasteiger partial charge in [0.15, 0.2) is 0 Å². The SMILES string of the molecule is COc1ccc(CN(CC(N)=O)c2cc(CCC(=O)O)c(N(CC(N)=O)Cc3ccc(OC)cc3)c3ccccc23)cc1. The molecular formula is C33H36N4O6. The number of aliphatic carboxylic acids is 1. The first-order valence-corrected chi connectivity index (χ1v) is 13.8. The van der Waals surface area contributed by atoms with E-state index in [-0.39, 0.29) is 25.9 Å². The molecule has 224 valence electrons. The zero-order valence-corrected chi connectivity index (χ0v) is 24.3. The van der Waals surface area contributed by atoms with Gasteiger partial charge in [-0.2, -0.15) is 0 Å². The maximum atomic E-state index is 12.3. The quantitative estimate of drug-likeness (QED) is 0.191. The third-order valence-electron chi connectivity index (χ3n) is 7.10. The van der Waals surface area contributed by atoms with E-state index >= 15 is 0 Å². The fraction of sp³-hybridized carbons (Fsp3) is 0.242. The average molecular weight is 585 g/mol. The van der Waals surface area contributed by atoms with Crippen LogP contribution in [0.4, 0.5) is 11.4 Å². The van der Waals surface area contributed by atoms with E-state index in [0.29, 0.717) is 35.8 Å². The molecule has 0 aliphatic rings. The summed E-state index contributed by atoms with van der Waals surface area (Å²) in [6.45, 7) is 0.551. The van der Waals surface area contributed by atoms with Crippen molar-refractivity contribution in [3.8, 4) is 11.5 Å². The number of ether oxygens (including phenoxy) is 2. The third-order valence-corrected chi connectivity index (χ3v) is 7.10. The molecule has 4 aromatic rings. The van der Waals surface area contributed by atoms with Gasteiger partial charge in [0, 0.05) is 41.7 Å². The fourth-order valence-electron chi connectivity index (χ4n) is 5.18. The standard InChI is InChI=1S/C33H36N4O6/c1-42-25-12-7-22(8-13-25)18-36(20-30(34)38)29-17-24(11-16-32(40)41)33(28-6-4-3-5-27(28)29)37(21-31(35)39)19-23-9-14-26(43-2)15-10-23/h3-10,12-15,17H,11,16,18-21H2,1-2H3,(H2,34,38)(H2,35,39)(H,40,41). The second kappa shape index (κ2) is 14.1. The molecule has 0 saturated heterocycles. The van der Waals surface area contributed by atoms with Crippen LogP contribution < -0.4 is 30.7 Å². The van der Waals surface area contributed by atoms with Gasteiger partial charge in [-0.3, -0.25) is 14.4 Å². The Labute approximate surface area is 250 Å². The number of carbonyl (C=O) groups excluding carboxylic acids is 2. The van der Waals surface area contributed by atoms with Crippen molar-refractivity contribution in [3.63, 3.8) is 0 Å². The minimum Gasteiger partial charge on any atom is -0.497 e. The van der Waals surface area contributed by atoms with Crippen molar-refractivity contribution in [1.82, 2.24) is 0 Å². The molecular weight excluding hydrogens is 548 g/mol. The van der Waals surface area contributed by atoms with Crippen molar-refractivity contribution in [2.45, 2.75) is 25.9 Å². The smallest absolute Gasteiger partial charge is 0.303 e. The Bertz CT molecular complexity index is 1590. The van der Waals surface area contributed by atoms with E-state index in [2.05, 4.69) is 0 Å². The number of hydrogen-bond acceptors (Lipinski definition) is 7. The van der Waals surface area contributed by atoms with Gasteiger partial charge in [-0.25, -0.2) is 0 Å². The average Bonchev–Trinajstić information content (AvgIpc) is 2.99. The highest BCUT2D eigenvalue weighted by atomic mass is 16.5. The molecule has 10 nitrogen and oxygen atoms in total. The summed E-state index contributed by atoms with van der Waals surface area (Å²) in [4.78, 5) is 40.1. The molecule has 0 bridgehead atoms. The molecule has 0 fully saturated rings. The van der Waals surface area contributed by atoms with Gasteiger partial charge in [0.2, 0.25) is 11.8 Å². The zero-order valence-electron chi connectivity index (χ0n) is 24.3. The number of methoxy groups -OCH3 is 2. The van der Waals surface area contributed by atoms with Crippen LogP contribution in [0.1, 0.15) is 23.1 Å². The number of primary amides is 2. The van der Waals surface area contributed by atoms with E-state index in [1.54, 1.807) is 14.2 Å². The predicted octanol–water partition coefficient (Wildman–Crippen LogP) is 3.86. The van der Waals surface area contributed by atoms with Crippen molar-refractivity contribution >= 4 is 39.9 Å². The van der Waals surface area contributed by atoms with E-state index in [0.717, 1.165) is 27.6 Å². The topological polar surface area (TPSA) is 148 Å². The van der Waals surface area contributed by atoms with Gasteiger partial charge in [0.1, 0.15) is 11.5 Å². The van der Waals surface area contributed by atoms with Gasteiger partial charge >= 0.3 is 5.97 Å². The first-order chi connectivity index (χ1) is 20.7. The van der Waals surface area contributed by atoms with Gasteiger partial charge in [-0.1, -0.05) is 48.5 Å². The van der Waals surface area contributed by atoms with Gasteiger partial charge in [0.25, 0.3) is 0 Å². The molecule has 4 aromatic carbocycles. The molecule has 0 spiro atoms. The second-order valence-corrected chi connectivity index (χ2v) is 10.2. The van der Waals surface area contributed by atoms with Crippen LogP contribution in [-0.4, -0.2) is 50.2 Å². The largest absolute Gasteiger partial charge is 0.497 e. The number of nitrogens with two attached hydrogens (primary N) is 2. The lowest BCUT2D eigenvalue weighted by Crippen LogP contribution is -2.35. The van der Waals surface area contributed by atoms with E-state index in [9.17, 15) is 19.5 Å². The summed E-state index contributed by atoms with van der Waals surface area (Å²) < 4.78 is 10.6. The van der Waals surface area contributed by atoms with Crippen LogP contribution in [0, 0.1) is 0 Å². The van der Waals surface area contributed by atoms with Gasteiger partial charge in [-0.05, 0) is 53.4 Å². The lowest BCUT2D eigenvalue weighted by Gasteiger charge is -2.31. The second-order valence-electron chi connectivity index (χ2n) is 10.2. The lowest BCUT2D eigenvalue weighted by atomic mass is 9.96. The Hall–Kier alpha value is -5.25. The van der Waals surface area contributed by atoms with E-state index in [1.165, 1.54) is 0 Å². The molecule has 0 unspecified atom stereocenters. The van der Waals surface area contributed by atoms with Crippen LogP contribution in [0.25, 0.3) is 10.8 Å². The Morgan fingerprint density at radius 1 is 0.721 bits per heavy atom. The van der Waals surface area contributed by atoms with Crippen molar-refractivity contribution in [2.75, 3.05) is 37.1 Å². The highest BCUT2D eigenvalue weighted by Crippen LogP contribution is 2.39. The number of hydrogen-bond donors (Lipinski definition) is 3.